The van der Waals surface area contributed by atoms with Crippen molar-refractivity contribution in [2.45, 2.75) is 51.2 Å². The standard InChI is InChI=1S/C18H26N2O3S/c21-17(19-9-1-4-14-7-8-14)18(22)20(12-15-5-2-10-23-15)13-16-6-3-11-24-16/h3,6,11,14-15H,1-2,4-5,7-10,12-13H2,(H,19,21). The Bertz CT molecular complexity index is 536. The Morgan fingerprint density at radius 2 is 2.21 bits per heavy atom. The zero-order valence-electron chi connectivity index (χ0n) is 14.0. The number of carbonyl (C=O) groups is 2. The molecule has 132 valence electrons. The second-order valence-corrected chi connectivity index (χ2v) is 7.77. The van der Waals surface area contributed by atoms with Crippen molar-refractivity contribution in [3.63, 3.8) is 0 Å². The van der Waals surface area contributed by atoms with Gasteiger partial charge in [0.15, 0.2) is 0 Å². The average molecular weight is 350 g/mol. The van der Waals surface area contributed by atoms with Gasteiger partial charge in [0.1, 0.15) is 0 Å². The Balaban J connectivity index is 1.50. The highest BCUT2D eigenvalue weighted by Crippen LogP contribution is 2.33. The number of thiophene rings is 1. The molecule has 24 heavy (non-hydrogen) atoms. The van der Waals surface area contributed by atoms with Gasteiger partial charge in [0.05, 0.1) is 12.6 Å². The lowest BCUT2D eigenvalue weighted by molar-refractivity contribution is -0.147. The molecule has 0 spiro atoms. The molecule has 2 fully saturated rings. The average Bonchev–Trinajstić information content (AvgIpc) is 3.02. The van der Waals surface area contributed by atoms with Gasteiger partial charge in [0.25, 0.3) is 0 Å². The lowest BCUT2D eigenvalue weighted by atomic mass is 10.2. The SMILES string of the molecule is O=C(NCCCC1CC1)C(=O)N(Cc1cccs1)CC1CCCO1. The Morgan fingerprint density at radius 3 is 2.88 bits per heavy atom. The van der Waals surface area contributed by atoms with Crippen LogP contribution in [0.2, 0.25) is 0 Å². The van der Waals surface area contributed by atoms with Crippen molar-refractivity contribution in [2.75, 3.05) is 19.7 Å². The fourth-order valence-electron chi connectivity index (χ4n) is 3.06. The molecule has 5 nitrogen and oxygen atoms in total. The van der Waals surface area contributed by atoms with Gasteiger partial charge < -0.3 is 15.0 Å². The van der Waals surface area contributed by atoms with E-state index in [-0.39, 0.29) is 6.10 Å². The van der Waals surface area contributed by atoms with Crippen LogP contribution in [0.1, 0.15) is 43.4 Å². The lowest BCUT2D eigenvalue weighted by Crippen LogP contribution is -2.45. The minimum Gasteiger partial charge on any atom is -0.376 e. The summed E-state index contributed by atoms with van der Waals surface area (Å²) in [5.74, 6) is -0.0712. The number of rotatable bonds is 8. The van der Waals surface area contributed by atoms with E-state index in [0.29, 0.717) is 19.6 Å². The smallest absolute Gasteiger partial charge is 0.312 e. The van der Waals surface area contributed by atoms with Crippen molar-refractivity contribution in [3.8, 4) is 0 Å². The molecule has 2 aliphatic rings. The molecule has 1 atom stereocenters. The van der Waals surface area contributed by atoms with Crippen molar-refractivity contribution >= 4 is 23.2 Å². The summed E-state index contributed by atoms with van der Waals surface area (Å²) in [6.45, 7) is 2.31. The molecular weight excluding hydrogens is 324 g/mol. The highest BCUT2D eigenvalue weighted by atomic mass is 32.1. The maximum absolute atomic E-state index is 12.6. The molecule has 0 radical (unpaired) electrons. The van der Waals surface area contributed by atoms with E-state index in [0.717, 1.165) is 43.1 Å². The third-order valence-corrected chi connectivity index (χ3v) is 5.49. The van der Waals surface area contributed by atoms with E-state index in [9.17, 15) is 9.59 Å². The molecule has 1 saturated heterocycles. The van der Waals surface area contributed by atoms with Crippen LogP contribution in [0.5, 0.6) is 0 Å². The molecule has 1 aliphatic carbocycles. The fraction of sp³-hybridized carbons (Fsp3) is 0.667. The molecule has 1 N–H and O–H groups in total. The molecule has 1 aromatic rings. The van der Waals surface area contributed by atoms with Crippen molar-refractivity contribution < 1.29 is 14.3 Å². The first-order chi connectivity index (χ1) is 11.7. The summed E-state index contributed by atoms with van der Waals surface area (Å²) in [6.07, 6.45) is 6.79. The van der Waals surface area contributed by atoms with Crippen molar-refractivity contribution in [1.29, 1.82) is 0 Å². The highest BCUT2D eigenvalue weighted by molar-refractivity contribution is 7.09. The van der Waals surface area contributed by atoms with Gasteiger partial charge in [-0.1, -0.05) is 18.9 Å². The molecule has 1 aromatic heterocycles. The number of amides is 2. The topological polar surface area (TPSA) is 58.6 Å². The van der Waals surface area contributed by atoms with E-state index in [1.54, 1.807) is 16.2 Å². The van der Waals surface area contributed by atoms with Gasteiger partial charge in [0, 0.05) is 24.6 Å². The first kappa shape index (κ1) is 17.4. The van der Waals surface area contributed by atoms with Crippen LogP contribution in [-0.2, 0) is 20.9 Å². The fourth-order valence-corrected chi connectivity index (χ4v) is 3.78. The predicted molar refractivity (Wildman–Crippen MR) is 93.7 cm³/mol. The number of nitrogens with one attached hydrogen (secondary N) is 1. The van der Waals surface area contributed by atoms with E-state index < -0.39 is 11.8 Å². The van der Waals surface area contributed by atoms with E-state index in [1.807, 2.05) is 17.5 Å². The summed E-state index contributed by atoms with van der Waals surface area (Å²) in [6, 6.07) is 3.96. The van der Waals surface area contributed by atoms with Crippen molar-refractivity contribution in [1.82, 2.24) is 10.2 Å². The molecule has 1 aliphatic heterocycles. The molecule has 0 bridgehead atoms. The number of ether oxygens (including phenoxy) is 1. The summed E-state index contributed by atoms with van der Waals surface area (Å²) in [4.78, 5) is 27.5. The van der Waals surface area contributed by atoms with Gasteiger partial charge >= 0.3 is 11.8 Å². The van der Waals surface area contributed by atoms with Crippen LogP contribution in [-0.4, -0.2) is 42.5 Å². The molecule has 0 aromatic carbocycles. The van der Waals surface area contributed by atoms with Crippen LogP contribution in [0.15, 0.2) is 17.5 Å². The zero-order valence-corrected chi connectivity index (χ0v) is 14.9. The maximum Gasteiger partial charge on any atom is 0.312 e. The van der Waals surface area contributed by atoms with Crippen molar-refractivity contribution in [3.05, 3.63) is 22.4 Å². The monoisotopic (exact) mass is 350 g/mol. The van der Waals surface area contributed by atoms with Crippen LogP contribution in [0.4, 0.5) is 0 Å². The minimum atomic E-state index is -0.486. The van der Waals surface area contributed by atoms with E-state index in [4.69, 9.17) is 4.74 Å². The van der Waals surface area contributed by atoms with Gasteiger partial charge in [-0.3, -0.25) is 9.59 Å². The van der Waals surface area contributed by atoms with Crippen LogP contribution in [0.3, 0.4) is 0 Å². The summed E-state index contributed by atoms with van der Waals surface area (Å²) in [5, 5.41) is 4.77. The molecule has 2 heterocycles. The second-order valence-electron chi connectivity index (χ2n) is 6.74. The number of nitrogens with zero attached hydrogens (tertiary/aromatic N) is 1. The van der Waals surface area contributed by atoms with Gasteiger partial charge in [-0.05, 0) is 43.0 Å². The minimum absolute atomic E-state index is 0.0524. The van der Waals surface area contributed by atoms with Gasteiger partial charge in [-0.25, -0.2) is 0 Å². The van der Waals surface area contributed by atoms with Crippen LogP contribution in [0, 0.1) is 5.92 Å². The molecule has 1 unspecified atom stereocenters. The molecule has 2 amide bonds. The highest BCUT2D eigenvalue weighted by Gasteiger charge is 2.27. The van der Waals surface area contributed by atoms with Crippen molar-refractivity contribution in [2.24, 2.45) is 5.92 Å². The van der Waals surface area contributed by atoms with Crippen LogP contribution in [0.25, 0.3) is 0 Å². The van der Waals surface area contributed by atoms with E-state index in [2.05, 4.69) is 5.32 Å². The van der Waals surface area contributed by atoms with E-state index >= 15 is 0 Å². The number of hydrogen-bond acceptors (Lipinski definition) is 4. The predicted octanol–water partition coefficient (Wildman–Crippen LogP) is 2.56. The number of hydrogen-bond donors (Lipinski definition) is 1. The second kappa shape index (κ2) is 8.62. The quantitative estimate of drug-likeness (QED) is 0.579. The summed E-state index contributed by atoms with van der Waals surface area (Å²) < 4.78 is 5.64. The number of carbonyl (C=O) groups excluding carboxylic acids is 2. The van der Waals surface area contributed by atoms with Gasteiger partial charge in [-0.15, -0.1) is 11.3 Å². The van der Waals surface area contributed by atoms with Crippen LogP contribution >= 0.6 is 11.3 Å². The summed E-state index contributed by atoms with van der Waals surface area (Å²) in [5.41, 5.74) is 0. The third kappa shape index (κ3) is 5.31. The van der Waals surface area contributed by atoms with Gasteiger partial charge in [-0.2, -0.15) is 0 Å². The zero-order chi connectivity index (χ0) is 16.8. The largest absolute Gasteiger partial charge is 0.376 e. The molecular formula is C18H26N2O3S. The Labute approximate surface area is 147 Å². The Hall–Kier alpha value is -1.40. The summed E-state index contributed by atoms with van der Waals surface area (Å²) >= 11 is 1.60. The van der Waals surface area contributed by atoms with E-state index in [1.165, 1.54) is 12.8 Å². The molecule has 1 saturated carbocycles. The third-order valence-electron chi connectivity index (χ3n) is 4.63. The maximum atomic E-state index is 12.6. The first-order valence-electron chi connectivity index (χ1n) is 8.93. The normalized spacial score (nSPS) is 20.1. The Kier molecular flexibility index (Phi) is 6.26. The first-order valence-corrected chi connectivity index (χ1v) is 9.81. The lowest BCUT2D eigenvalue weighted by Gasteiger charge is -2.24. The van der Waals surface area contributed by atoms with Crippen LogP contribution < -0.4 is 5.32 Å². The molecule has 6 heteroatoms. The summed E-state index contributed by atoms with van der Waals surface area (Å²) in [7, 11) is 0. The van der Waals surface area contributed by atoms with Gasteiger partial charge in [0.2, 0.25) is 0 Å². The Morgan fingerprint density at radius 1 is 1.33 bits per heavy atom. The molecule has 3 rings (SSSR count).